The molecule has 160 valence electrons. The second-order valence-electron chi connectivity index (χ2n) is 7.06. The highest BCUT2D eigenvalue weighted by atomic mass is 35.5. The van der Waals surface area contributed by atoms with E-state index >= 15 is 0 Å². The maximum Gasteiger partial charge on any atom is 0.241 e. The Hall–Kier alpha value is -2.58. The van der Waals surface area contributed by atoms with Gasteiger partial charge >= 0.3 is 0 Å². The Bertz CT molecular complexity index is 1220. The summed E-state index contributed by atoms with van der Waals surface area (Å²) in [5, 5.41) is 7.10. The molecule has 0 aliphatic heterocycles. The SMILES string of the molecule is Cc1c(CC(N)C(=O)Nc2cccc(Cl)c2)sc2c(NCc3ccco3)cc(Cl)nc12. The molecule has 3 heterocycles. The summed E-state index contributed by atoms with van der Waals surface area (Å²) in [5.74, 6) is 0.538. The van der Waals surface area contributed by atoms with Gasteiger partial charge < -0.3 is 20.8 Å². The fraction of sp³-hybridized carbons (Fsp3) is 0.182. The van der Waals surface area contributed by atoms with E-state index in [0.29, 0.717) is 28.8 Å². The quantitative estimate of drug-likeness (QED) is 0.302. The number of amides is 1. The van der Waals surface area contributed by atoms with E-state index in [1.807, 2.05) is 19.1 Å². The summed E-state index contributed by atoms with van der Waals surface area (Å²) >= 11 is 13.8. The number of pyridine rings is 1. The van der Waals surface area contributed by atoms with E-state index in [4.69, 9.17) is 33.4 Å². The fourth-order valence-corrected chi connectivity index (χ4v) is 4.89. The topological polar surface area (TPSA) is 93.2 Å². The Kier molecular flexibility index (Phi) is 6.48. The highest BCUT2D eigenvalue weighted by molar-refractivity contribution is 7.19. The van der Waals surface area contributed by atoms with E-state index in [1.165, 1.54) is 0 Å². The normalized spacial score (nSPS) is 12.1. The molecule has 4 aromatic rings. The summed E-state index contributed by atoms with van der Waals surface area (Å²) in [6.07, 6.45) is 2.02. The number of aromatic nitrogens is 1. The number of nitrogens with one attached hydrogen (secondary N) is 2. The number of carbonyl (C=O) groups excluding carboxylic acids is 1. The smallest absolute Gasteiger partial charge is 0.241 e. The third-order valence-electron chi connectivity index (χ3n) is 4.81. The van der Waals surface area contributed by atoms with E-state index in [2.05, 4.69) is 15.6 Å². The van der Waals surface area contributed by atoms with Gasteiger partial charge in [0.15, 0.2) is 0 Å². The van der Waals surface area contributed by atoms with Gasteiger partial charge in [-0.2, -0.15) is 0 Å². The Morgan fingerprint density at radius 3 is 2.84 bits per heavy atom. The molecule has 6 nitrogen and oxygen atoms in total. The van der Waals surface area contributed by atoms with Gasteiger partial charge in [0, 0.05) is 28.1 Å². The van der Waals surface area contributed by atoms with E-state index in [9.17, 15) is 4.79 Å². The molecule has 1 unspecified atom stereocenters. The number of hydrogen-bond acceptors (Lipinski definition) is 6. The van der Waals surface area contributed by atoms with E-state index in [0.717, 1.165) is 32.1 Å². The molecule has 1 amide bonds. The minimum atomic E-state index is -0.722. The van der Waals surface area contributed by atoms with Crippen LogP contribution in [0, 0.1) is 6.92 Å². The van der Waals surface area contributed by atoms with Crippen molar-refractivity contribution in [3.05, 3.63) is 75.1 Å². The first kappa shape index (κ1) is 21.6. The number of aryl methyl sites for hydroxylation is 1. The van der Waals surface area contributed by atoms with Gasteiger partial charge in [-0.25, -0.2) is 4.98 Å². The van der Waals surface area contributed by atoms with Gasteiger partial charge in [0.25, 0.3) is 0 Å². The molecule has 9 heteroatoms. The molecule has 0 aliphatic rings. The molecule has 0 radical (unpaired) electrons. The predicted octanol–water partition coefficient (Wildman–Crippen LogP) is 5.63. The average molecular weight is 475 g/mol. The van der Waals surface area contributed by atoms with E-state index in [1.54, 1.807) is 47.9 Å². The average Bonchev–Trinajstić information content (AvgIpc) is 3.35. The third kappa shape index (κ3) is 5.02. The molecule has 4 N–H and O–H groups in total. The maximum atomic E-state index is 12.6. The lowest BCUT2D eigenvalue weighted by Gasteiger charge is -2.12. The van der Waals surface area contributed by atoms with Gasteiger partial charge in [-0.3, -0.25) is 4.79 Å². The highest BCUT2D eigenvalue weighted by Crippen LogP contribution is 2.37. The van der Waals surface area contributed by atoms with Crippen molar-refractivity contribution < 1.29 is 9.21 Å². The zero-order valence-corrected chi connectivity index (χ0v) is 18.9. The molecule has 0 aliphatic carbocycles. The standard InChI is InChI=1S/C22H20Cl2N4O2S/c1-12-18(9-16(25)22(29)27-14-5-2-4-13(23)8-14)31-21-17(10-19(24)28-20(12)21)26-11-15-6-3-7-30-15/h2-8,10,16H,9,11,25H2,1H3,(H,26,28)(H,27,29). The second-order valence-corrected chi connectivity index (χ2v) is 8.99. The Morgan fingerprint density at radius 1 is 1.26 bits per heavy atom. The minimum absolute atomic E-state index is 0.277. The fourth-order valence-electron chi connectivity index (χ4n) is 3.21. The lowest BCUT2D eigenvalue weighted by Crippen LogP contribution is -2.37. The molecule has 3 aromatic heterocycles. The number of anilines is 2. The molecule has 0 spiro atoms. The van der Waals surface area contributed by atoms with E-state index < -0.39 is 6.04 Å². The highest BCUT2D eigenvalue weighted by Gasteiger charge is 2.20. The van der Waals surface area contributed by atoms with Crippen molar-refractivity contribution in [1.82, 2.24) is 4.98 Å². The van der Waals surface area contributed by atoms with Crippen LogP contribution in [0.5, 0.6) is 0 Å². The first-order chi connectivity index (χ1) is 14.9. The number of benzene rings is 1. The lowest BCUT2D eigenvalue weighted by molar-refractivity contribution is -0.117. The zero-order chi connectivity index (χ0) is 22.0. The zero-order valence-electron chi connectivity index (χ0n) is 16.6. The van der Waals surface area contributed by atoms with E-state index in [-0.39, 0.29) is 5.91 Å². The summed E-state index contributed by atoms with van der Waals surface area (Å²) in [7, 11) is 0. The van der Waals surface area contributed by atoms with Crippen LogP contribution in [-0.4, -0.2) is 16.9 Å². The van der Waals surface area contributed by atoms with Crippen LogP contribution in [0.3, 0.4) is 0 Å². The molecule has 0 saturated carbocycles. The van der Waals surface area contributed by atoms with Gasteiger partial charge in [0.1, 0.15) is 10.9 Å². The van der Waals surface area contributed by atoms with Crippen LogP contribution in [0.1, 0.15) is 16.2 Å². The van der Waals surface area contributed by atoms with Crippen molar-refractivity contribution >= 4 is 62.0 Å². The van der Waals surface area contributed by atoms with Crippen molar-refractivity contribution in [2.24, 2.45) is 5.73 Å². The Morgan fingerprint density at radius 2 is 2.10 bits per heavy atom. The summed E-state index contributed by atoms with van der Waals surface area (Å²) in [5.41, 5.74) is 9.45. The van der Waals surface area contributed by atoms with Crippen molar-refractivity contribution in [1.29, 1.82) is 0 Å². The molecule has 31 heavy (non-hydrogen) atoms. The number of fused-ring (bicyclic) bond motifs is 1. The molecule has 1 atom stereocenters. The number of rotatable bonds is 7. The third-order valence-corrected chi connectivity index (χ3v) is 6.57. The van der Waals surface area contributed by atoms with Crippen LogP contribution >= 0.6 is 34.5 Å². The first-order valence-corrected chi connectivity index (χ1v) is 11.1. The Labute approximate surface area is 193 Å². The molecule has 4 rings (SSSR count). The molecular weight excluding hydrogens is 455 g/mol. The number of thiophene rings is 1. The van der Waals surface area contributed by atoms with Crippen molar-refractivity contribution in [3.8, 4) is 0 Å². The van der Waals surface area contributed by atoms with Crippen molar-refractivity contribution in [2.45, 2.75) is 25.9 Å². The number of carbonyl (C=O) groups is 1. The molecule has 1 aromatic carbocycles. The minimum Gasteiger partial charge on any atom is -0.467 e. The first-order valence-electron chi connectivity index (χ1n) is 9.57. The molecule has 0 saturated heterocycles. The summed E-state index contributed by atoms with van der Waals surface area (Å²) in [4.78, 5) is 18.0. The van der Waals surface area contributed by atoms with Crippen LogP contribution in [0.25, 0.3) is 10.2 Å². The Balaban J connectivity index is 1.54. The summed E-state index contributed by atoms with van der Waals surface area (Å²) < 4.78 is 6.35. The van der Waals surface area contributed by atoms with Crippen molar-refractivity contribution in [3.63, 3.8) is 0 Å². The number of furan rings is 1. The number of nitrogens with two attached hydrogens (primary N) is 1. The largest absolute Gasteiger partial charge is 0.467 e. The van der Waals surface area contributed by atoms with Crippen molar-refractivity contribution in [2.75, 3.05) is 10.6 Å². The van der Waals surface area contributed by atoms with Crippen LogP contribution < -0.4 is 16.4 Å². The van der Waals surface area contributed by atoms with Gasteiger partial charge in [0.2, 0.25) is 5.91 Å². The number of halogens is 2. The second kappa shape index (κ2) is 9.28. The van der Waals surface area contributed by atoms with Gasteiger partial charge in [-0.1, -0.05) is 29.3 Å². The number of hydrogen-bond donors (Lipinski definition) is 3. The lowest BCUT2D eigenvalue weighted by atomic mass is 10.1. The maximum absolute atomic E-state index is 12.6. The number of nitrogens with zero attached hydrogens (tertiary/aromatic N) is 1. The van der Waals surface area contributed by atoms with Crippen LogP contribution in [0.4, 0.5) is 11.4 Å². The molecule has 0 bridgehead atoms. The molecule has 0 fully saturated rings. The predicted molar refractivity (Wildman–Crippen MR) is 127 cm³/mol. The monoisotopic (exact) mass is 474 g/mol. The van der Waals surface area contributed by atoms with Crippen LogP contribution in [0.15, 0.2) is 53.1 Å². The van der Waals surface area contributed by atoms with Crippen LogP contribution in [-0.2, 0) is 17.8 Å². The van der Waals surface area contributed by atoms with Gasteiger partial charge in [-0.15, -0.1) is 11.3 Å². The summed E-state index contributed by atoms with van der Waals surface area (Å²) in [6, 6.07) is 11.8. The summed E-state index contributed by atoms with van der Waals surface area (Å²) in [6.45, 7) is 2.49. The van der Waals surface area contributed by atoms with Gasteiger partial charge in [0.05, 0.1) is 34.8 Å². The van der Waals surface area contributed by atoms with Crippen LogP contribution in [0.2, 0.25) is 10.2 Å². The molecular formula is C22H20Cl2N4O2S. The van der Waals surface area contributed by atoms with Gasteiger partial charge in [-0.05, 0) is 42.8 Å².